The van der Waals surface area contributed by atoms with Crippen molar-refractivity contribution in [3.8, 4) is 0 Å². The second-order valence-corrected chi connectivity index (χ2v) is 4.77. The molecule has 0 spiro atoms. The molecule has 1 aromatic carbocycles. The number of nitrogen functional groups attached to an aromatic ring is 1. The molecule has 4 N–H and O–H groups in total. The van der Waals surface area contributed by atoms with Crippen LogP contribution in [-0.4, -0.2) is 45.7 Å². The van der Waals surface area contributed by atoms with E-state index in [2.05, 4.69) is 0 Å². The molecule has 0 aliphatic carbocycles. The highest BCUT2D eigenvalue weighted by atomic mass is 16.4. The van der Waals surface area contributed by atoms with Crippen LogP contribution in [0.15, 0.2) is 18.2 Å². The lowest BCUT2D eigenvalue weighted by Gasteiger charge is -2.21. The average molecular weight is 264 g/mol. The number of aliphatic carboxylic acids is 1. The molecule has 0 aromatic heterocycles. The third-order valence-corrected chi connectivity index (χ3v) is 3.34. The fourth-order valence-electron chi connectivity index (χ4n) is 2.25. The van der Waals surface area contributed by atoms with Crippen LogP contribution in [0.2, 0.25) is 0 Å². The number of hydrogen-bond acceptors (Lipinski definition) is 4. The molecule has 1 saturated heterocycles. The van der Waals surface area contributed by atoms with Crippen LogP contribution in [0.3, 0.4) is 0 Å². The summed E-state index contributed by atoms with van der Waals surface area (Å²) in [4.78, 5) is 24.6. The molecule has 0 saturated carbocycles. The van der Waals surface area contributed by atoms with E-state index in [0.717, 1.165) is 5.56 Å². The molecule has 2 atom stereocenters. The van der Waals surface area contributed by atoms with Crippen molar-refractivity contribution in [2.24, 2.45) is 0 Å². The molecule has 19 heavy (non-hydrogen) atoms. The van der Waals surface area contributed by atoms with Gasteiger partial charge in [0.05, 0.1) is 6.10 Å². The molecule has 6 heteroatoms. The first-order chi connectivity index (χ1) is 8.90. The van der Waals surface area contributed by atoms with E-state index in [1.165, 1.54) is 4.90 Å². The van der Waals surface area contributed by atoms with Gasteiger partial charge in [-0.05, 0) is 30.7 Å². The van der Waals surface area contributed by atoms with Crippen molar-refractivity contribution >= 4 is 17.6 Å². The first kappa shape index (κ1) is 13.4. The first-order valence-electron chi connectivity index (χ1n) is 5.98. The number of aliphatic hydroxyl groups is 1. The van der Waals surface area contributed by atoms with Crippen molar-refractivity contribution in [3.05, 3.63) is 29.3 Å². The van der Waals surface area contributed by atoms with Crippen LogP contribution < -0.4 is 5.73 Å². The number of likely N-dealkylation sites (tertiary alicyclic amines) is 1. The number of nitrogens with two attached hydrogens (primary N) is 1. The largest absolute Gasteiger partial charge is 0.480 e. The van der Waals surface area contributed by atoms with E-state index >= 15 is 0 Å². The molecule has 6 nitrogen and oxygen atoms in total. The number of anilines is 1. The van der Waals surface area contributed by atoms with Gasteiger partial charge in [-0.3, -0.25) is 4.79 Å². The second kappa shape index (κ2) is 4.89. The number of carboxylic acid groups (broad SMARTS) is 1. The summed E-state index contributed by atoms with van der Waals surface area (Å²) in [6, 6.07) is 3.83. The van der Waals surface area contributed by atoms with Gasteiger partial charge in [-0.1, -0.05) is 0 Å². The molecule has 1 aliphatic rings. The Morgan fingerprint density at radius 2 is 2.11 bits per heavy atom. The summed E-state index contributed by atoms with van der Waals surface area (Å²) < 4.78 is 0. The van der Waals surface area contributed by atoms with Crippen molar-refractivity contribution in [1.82, 2.24) is 4.90 Å². The van der Waals surface area contributed by atoms with Gasteiger partial charge in [-0.15, -0.1) is 0 Å². The van der Waals surface area contributed by atoms with Crippen molar-refractivity contribution in [3.63, 3.8) is 0 Å². The van der Waals surface area contributed by atoms with Gasteiger partial charge in [-0.25, -0.2) is 4.79 Å². The predicted molar refractivity (Wildman–Crippen MR) is 68.7 cm³/mol. The third-order valence-electron chi connectivity index (χ3n) is 3.34. The zero-order chi connectivity index (χ0) is 14.2. The number of carboxylic acids is 1. The average Bonchev–Trinajstić information content (AvgIpc) is 2.74. The number of aliphatic hydroxyl groups excluding tert-OH is 1. The van der Waals surface area contributed by atoms with Crippen LogP contribution in [0.1, 0.15) is 22.3 Å². The molecule has 2 rings (SSSR count). The predicted octanol–water partition coefficient (Wildman–Crippen LogP) is 0.237. The minimum absolute atomic E-state index is 0.0409. The first-order valence-corrected chi connectivity index (χ1v) is 5.98. The van der Waals surface area contributed by atoms with Gasteiger partial charge in [-0.2, -0.15) is 0 Å². The zero-order valence-corrected chi connectivity index (χ0v) is 10.5. The Hall–Kier alpha value is -2.08. The number of carbonyl (C=O) groups is 2. The maximum atomic E-state index is 12.3. The van der Waals surface area contributed by atoms with Gasteiger partial charge in [0.1, 0.15) is 6.04 Å². The molecule has 1 aliphatic heterocycles. The fraction of sp³-hybridized carbons (Fsp3) is 0.385. The summed E-state index contributed by atoms with van der Waals surface area (Å²) in [6.45, 7) is 1.82. The number of nitrogens with zero attached hydrogens (tertiary/aromatic N) is 1. The van der Waals surface area contributed by atoms with Gasteiger partial charge in [0, 0.05) is 24.2 Å². The van der Waals surface area contributed by atoms with Crippen molar-refractivity contribution in [1.29, 1.82) is 0 Å². The SMILES string of the molecule is Cc1cc(C(=O)N2CC(O)CC2C(=O)O)ccc1N. The van der Waals surface area contributed by atoms with Crippen LogP contribution in [0, 0.1) is 6.92 Å². The topological polar surface area (TPSA) is 104 Å². The van der Waals surface area contributed by atoms with Crippen molar-refractivity contribution in [2.45, 2.75) is 25.5 Å². The van der Waals surface area contributed by atoms with Gasteiger partial charge < -0.3 is 20.8 Å². The number of carbonyl (C=O) groups excluding carboxylic acids is 1. The zero-order valence-electron chi connectivity index (χ0n) is 10.5. The highest BCUT2D eigenvalue weighted by Gasteiger charge is 2.39. The molecule has 1 amide bonds. The lowest BCUT2D eigenvalue weighted by Crippen LogP contribution is -2.40. The summed E-state index contributed by atoms with van der Waals surface area (Å²) >= 11 is 0. The summed E-state index contributed by atoms with van der Waals surface area (Å²) in [7, 11) is 0. The van der Waals surface area contributed by atoms with E-state index in [4.69, 9.17) is 10.8 Å². The monoisotopic (exact) mass is 264 g/mol. The van der Waals surface area contributed by atoms with E-state index in [9.17, 15) is 14.7 Å². The number of amides is 1. The van der Waals surface area contributed by atoms with Gasteiger partial charge in [0.25, 0.3) is 5.91 Å². The standard InChI is InChI=1S/C13H16N2O4/c1-7-4-8(2-3-10(7)14)12(17)15-6-9(16)5-11(15)13(18)19/h2-4,9,11,16H,5-6,14H2,1H3,(H,18,19). The molecule has 0 bridgehead atoms. The number of benzene rings is 1. The third kappa shape index (κ3) is 2.53. The molecule has 2 unspecified atom stereocenters. The Morgan fingerprint density at radius 3 is 2.68 bits per heavy atom. The van der Waals surface area contributed by atoms with E-state index in [1.54, 1.807) is 25.1 Å². The Labute approximate surface area is 110 Å². The van der Waals surface area contributed by atoms with Gasteiger partial charge in [0.2, 0.25) is 0 Å². The minimum Gasteiger partial charge on any atom is -0.480 e. The highest BCUT2D eigenvalue weighted by molar-refractivity contribution is 5.97. The normalized spacial score (nSPS) is 22.5. The van der Waals surface area contributed by atoms with Crippen LogP contribution in [0.4, 0.5) is 5.69 Å². The Morgan fingerprint density at radius 1 is 1.42 bits per heavy atom. The lowest BCUT2D eigenvalue weighted by atomic mass is 10.1. The number of rotatable bonds is 2. The summed E-state index contributed by atoms with van der Waals surface area (Å²) in [5.74, 6) is -1.50. The smallest absolute Gasteiger partial charge is 0.326 e. The van der Waals surface area contributed by atoms with E-state index in [0.29, 0.717) is 11.3 Å². The maximum absolute atomic E-state index is 12.3. The Balaban J connectivity index is 2.27. The number of hydrogen-bond donors (Lipinski definition) is 3. The van der Waals surface area contributed by atoms with Crippen molar-refractivity contribution < 1.29 is 19.8 Å². The van der Waals surface area contributed by atoms with E-state index in [1.807, 2.05) is 0 Å². The molecule has 102 valence electrons. The number of β-amino-alcohol motifs (C(OH)–C–C–N with tert-alkyl or cyclic N) is 1. The molecule has 1 fully saturated rings. The van der Waals surface area contributed by atoms with E-state index < -0.39 is 24.0 Å². The second-order valence-electron chi connectivity index (χ2n) is 4.77. The molecule has 0 radical (unpaired) electrons. The fourth-order valence-corrected chi connectivity index (χ4v) is 2.25. The molecular formula is C13H16N2O4. The lowest BCUT2D eigenvalue weighted by molar-refractivity contribution is -0.141. The van der Waals surface area contributed by atoms with Crippen LogP contribution in [0.25, 0.3) is 0 Å². The maximum Gasteiger partial charge on any atom is 0.326 e. The van der Waals surface area contributed by atoms with E-state index in [-0.39, 0.29) is 13.0 Å². The number of aryl methyl sites for hydroxylation is 1. The summed E-state index contributed by atoms with van der Waals surface area (Å²) in [5.41, 5.74) is 7.40. The minimum atomic E-state index is -1.10. The van der Waals surface area contributed by atoms with Crippen LogP contribution in [-0.2, 0) is 4.79 Å². The molecule has 1 aromatic rings. The summed E-state index contributed by atoms with van der Waals surface area (Å²) in [5, 5.41) is 18.6. The summed E-state index contributed by atoms with van der Waals surface area (Å²) in [6.07, 6.45) is -0.727. The van der Waals surface area contributed by atoms with Crippen molar-refractivity contribution in [2.75, 3.05) is 12.3 Å². The van der Waals surface area contributed by atoms with Crippen LogP contribution in [0.5, 0.6) is 0 Å². The molecule has 1 heterocycles. The van der Waals surface area contributed by atoms with Gasteiger partial charge >= 0.3 is 5.97 Å². The Kier molecular flexibility index (Phi) is 3.44. The van der Waals surface area contributed by atoms with Gasteiger partial charge in [0.15, 0.2) is 0 Å². The Bertz CT molecular complexity index is 529. The van der Waals surface area contributed by atoms with Crippen LogP contribution >= 0.6 is 0 Å². The molecular weight excluding hydrogens is 248 g/mol. The highest BCUT2D eigenvalue weighted by Crippen LogP contribution is 2.22. The quantitative estimate of drug-likeness (QED) is 0.664.